The van der Waals surface area contributed by atoms with Crippen LogP contribution in [0.25, 0.3) is 10.9 Å². The van der Waals surface area contributed by atoms with Gasteiger partial charge in [-0.3, -0.25) is 4.79 Å². The highest BCUT2D eigenvalue weighted by Gasteiger charge is 2.11. The van der Waals surface area contributed by atoms with Gasteiger partial charge in [-0.1, -0.05) is 0 Å². The fourth-order valence-corrected chi connectivity index (χ4v) is 2.65. The highest BCUT2D eigenvalue weighted by atomic mass is 32.1. The van der Waals surface area contributed by atoms with E-state index in [9.17, 15) is 9.59 Å². The molecule has 3 rings (SSSR count). The zero-order valence-corrected chi connectivity index (χ0v) is 11.6. The number of carbonyl (C=O) groups excluding carboxylic acids is 1. The number of aromatic amines is 1. The monoisotopic (exact) mass is 301 g/mol. The Balaban J connectivity index is 1.69. The van der Waals surface area contributed by atoms with Gasteiger partial charge in [0.15, 0.2) is 5.69 Å². The molecule has 1 amide bonds. The minimum atomic E-state index is -1.07. The quantitative estimate of drug-likeness (QED) is 0.688. The molecule has 106 valence electrons. The lowest BCUT2D eigenvalue weighted by Gasteiger charge is -2.03. The minimum Gasteiger partial charge on any atom is -0.476 e. The Hall–Kier alpha value is -2.67. The Kier molecular flexibility index (Phi) is 3.41. The third-order valence-corrected chi connectivity index (χ3v) is 3.84. The molecule has 0 saturated carbocycles. The molecule has 0 saturated heterocycles. The number of hydrogen-bond donors (Lipinski definition) is 3. The van der Waals surface area contributed by atoms with Gasteiger partial charge in [0.25, 0.3) is 5.91 Å². The Morgan fingerprint density at radius 2 is 2.19 bits per heavy atom. The summed E-state index contributed by atoms with van der Waals surface area (Å²) in [5, 5.41) is 14.5. The van der Waals surface area contributed by atoms with Crippen molar-refractivity contribution in [3.63, 3.8) is 0 Å². The van der Waals surface area contributed by atoms with Crippen LogP contribution in [-0.2, 0) is 6.54 Å². The summed E-state index contributed by atoms with van der Waals surface area (Å²) >= 11 is 1.21. The van der Waals surface area contributed by atoms with Crippen LogP contribution in [0.3, 0.4) is 0 Å². The normalized spacial score (nSPS) is 10.7. The van der Waals surface area contributed by atoms with Crippen molar-refractivity contribution in [2.45, 2.75) is 6.54 Å². The van der Waals surface area contributed by atoms with Crippen molar-refractivity contribution in [3.8, 4) is 0 Å². The third-order valence-electron chi connectivity index (χ3n) is 2.99. The lowest BCUT2D eigenvalue weighted by Crippen LogP contribution is -2.22. The van der Waals surface area contributed by atoms with Gasteiger partial charge in [-0.25, -0.2) is 9.78 Å². The average molecular weight is 301 g/mol. The molecular formula is C14H11N3O3S. The van der Waals surface area contributed by atoms with Crippen molar-refractivity contribution >= 4 is 34.1 Å². The second-order valence-corrected chi connectivity index (χ2v) is 5.34. The fourth-order valence-electron chi connectivity index (χ4n) is 1.94. The molecule has 2 aromatic heterocycles. The molecule has 0 atom stereocenters. The Morgan fingerprint density at radius 3 is 2.95 bits per heavy atom. The van der Waals surface area contributed by atoms with Crippen LogP contribution in [0.4, 0.5) is 0 Å². The topological polar surface area (TPSA) is 95.1 Å². The molecule has 0 aliphatic rings. The number of H-pyrrole nitrogens is 1. The number of benzene rings is 1. The predicted octanol–water partition coefficient (Wildman–Crippen LogP) is 2.25. The number of carboxylic acid groups (broad SMARTS) is 1. The van der Waals surface area contributed by atoms with Crippen LogP contribution >= 0.6 is 11.3 Å². The minimum absolute atomic E-state index is 0.00186. The van der Waals surface area contributed by atoms with Gasteiger partial charge < -0.3 is 15.4 Å². The van der Waals surface area contributed by atoms with E-state index in [4.69, 9.17) is 5.11 Å². The summed E-state index contributed by atoms with van der Waals surface area (Å²) in [6, 6.07) is 7.27. The maximum absolute atomic E-state index is 12.1. The summed E-state index contributed by atoms with van der Waals surface area (Å²) in [7, 11) is 0. The van der Waals surface area contributed by atoms with Crippen molar-refractivity contribution < 1.29 is 14.7 Å². The summed E-state index contributed by atoms with van der Waals surface area (Å²) in [5.74, 6) is -1.29. The molecule has 0 radical (unpaired) electrons. The van der Waals surface area contributed by atoms with Crippen LogP contribution in [0, 0.1) is 0 Å². The van der Waals surface area contributed by atoms with E-state index in [1.165, 1.54) is 16.7 Å². The molecular weight excluding hydrogens is 290 g/mol. The Morgan fingerprint density at radius 1 is 1.33 bits per heavy atom. The number of carboxylic acids is 1. The van der Waals surface area contributed by atoms with Gasteiger partial charge in [-0.05, 0) is 24.3 Å². The highest BCUT2D eigenvalue weighted by molar-refractivity contribution is 7.09. The number of fused-ring (bicyclic) bond motifs is 1. The van der Waals surface area contributed by atoms with Gasteiger partial charge >= 0.3 is 5.97 Å². The third kappa shape index (κ3) is 2.77. The summed E-state index contributed by atoms with van der Waals surface area (Å²) in [4.78, 5) is 29.8. The first-order valence-electron chi connectivity index (χ1n) is 6.16. The predicted molar refractivity (Wildman–Crippen MR) is 78.5 cm³/mol. The number of carbonyl (C=O) groups is 2. The van der Waals surface area contributed by atoms with E-state index in [1.54, 1.807) is 12.1 Å². The first-order valence-corrected chi connectivity index (χ1v) is 7.04. The molecule has 7 heteroatoms. The highest BCUT2D eigenvalue weighted by Crippen LogP contribution is 2.15. The molecule has 6 nitrogen and oxygen atoms in total. The number of aromatic nitrogens is 2. The van der Waals surface area contributed by atoms with Crippen molar-refractivity contribution in [2.75, 3.05) is 0 Å². The molecule has 0 unspecified atom stereocenters. The van der Waals surface area contributed by atoms with Crippen molar-refractivity contribution in [1.82, 2.24) is 15.3 Å². The largest absolute Gasteiger partial charge is 0.476 e. The van der Waals surface area contributed by atoms with Crippen LogP contribution in [0.15, 0.2) is 35.8 Å². The van der Waals surface area contributed by atoms with E-state index in [0.29, 0.717) is 10.6 Å². The molecule has 1 aromatic carbocycles. The maximum atomic E-state index is 12.1. The van der Waals surface area contributed by atoms with Crippen molar-refractivity contribution in [1.29, 1.82) is 0 Å². The van der Waals surface area contributed by atoms with E-state index in [1.807, 2.05) is 18.3 Å². The molecule has 0 spiro atoms. The second kappa shape index (κ2) is 5.37. The number of aromatic carboxylic acids is 1. The van der Waals surface area contributed by atoms with Gasteiger partial charge in [-0.15, -0.1) is 11.3 Å². The summed E-state index contributed by atoms with van der Waals surface area (Å²) < 4.78 is 0. The standard InChI is InChI=1S/C14H11N3O3S/c18-13(9-1-2-10-8(5-9)3-4-15-10)16-6-12-17-11(7-21-12)14(19)20/h1-5,7,15H,6H2,(H,16,18)(H,19,20). The van der Waals surface area contributed by atoms with E-state index in [2.05, 4.69) is 15.3 Å². The molecule has 3 aromatic rings. The van der Waals surface area contributed by atoms with Gasteiger partial charge in [0, 0.05) is 28.0 Å². The molecule has 3 N–H and O–H groups in total. The van der Waals surface area contributed by atoms with Gasteiger partial charge in [0.2, 0.25) is 0 Å². The smallest absolute Gasteiger partial charge is 0.355 e. The first-order chi connectivity index (χ1) is 10.1. The number of nitrogens with one attached hydrogen (secondary N) is 2. The molecule has 0 aliphatic carbocycles. The van der Waals surface area contributed by atoms with Gasteiger partial charge in [-0.2, -0.15) is 0 Å². The Labute approximate surface area is 123 Å². The SMILES string of the molecule is O=C(NCc1nc(C(=O)O)cs1)c1ccc2[nH]ccc2c1. The number of amides is 1. The van der Waals surface area contributed by atoms with Crippen LogP contribution in [0.1, 0.15) is 25.9 Å². The fraction of sp³-hybridized carbons (Fsp3) is 0.0714. The van der Waals surface area contributed by atoms with Crippen molar-refractivity contribution in [2.24, 2.45) is 0 Å². The molecule has 0 bridgehead atoms. The number of thiazole rings is 1. The molecule has 0 fully saturated rings. The first kappa shape index (κ1) is 13.3. The van der Waals surface area contributed by atoms with E-state index >= 15 is 0 Å². The van der Waals surface area contributed by atoms with Crippen LogP contribution in [0.2, 0.25) is 0 Å². The van der Waals surface area contributed by atoms with E-state index in [-0.39, 0.29) is 18.1 Å². The number of nitrogens with zero attached hydrogens (tertiary/aromatic N) is 1. The maximum Gasteiger partial charge on any atom is 0.355 e. The zero-order valence-electron chi connectivity index (χ0n) is 10.8. The lowest BCUT2D eigenvalue weighted by atomic mass is 10.1. The van der Waals surface area contributed by atoms with Crippen molar-refractivity contribution in [3.05, 3.63) is 52.1 Å². The average Bonchev–Trinajstić information content (AvgIpc) is 3.12. The lowest BCUT2D eigenvalue weighted by molar-refractivity contribution is 0.0691. The summed E-state index contributed by atoms with van der Waals surface area (Å²) in [6.07, 6.45) is 1.81. The number of hydrogen-bond acceptors (Lipinski definition) is 4. The number of rotatable bonds is 4. The van der Waals surface area contributed by atoms with Crippen LogP contribution < -0.4 is 5.32 Å². The van der Waals surface area contributed by atoms with E-state index < -0.39 is 5.97 Å². The van der Waals surface area contributed by atoms with Crippen LogP contribution in [0.5, 0.6) is 0 Å². The van der Waals surface area contributed by atoms with Crippen LogP contribution in [-0.4, -0.2) is 27.0 Å². The zero-order chi connectivity index (χ0) is 14.8. The van der Waals surface area contributed by atoms with Gasteiger partial charge in [0.05, 0.1) is 6.54 Å². The molecule has 21 heavy (non-hydrogen) atoms. The Bertz CT molecular complexity index is 822. The molecule has 2 heterocycles. The van der Waals surface area contributed by atoms with E-state index in [0.717, 1.165) is 10.9 Å². The summed E-state index contributed by atoms with van der Waals surface area (Å²) in [6.45, 7) is 0.210. The second-order valence-electron chi connectivity index (χ2n) is 4.39. The van der Waals surface area contributed by atoms with Gasteiger partial charge in [0.1, 0.15) is 5.01 Å². The molecule has 0 aliphatic heterocycles. The summed E-state index contributed by atoms with van der Waals surface area (Å²) in [5.41, 5.74) is 1.52.